The van der Waals surface area contributed by atoms with E-state index < -0.39 is 9.84 Å². The Labute approximate surface area is 291 Å². The van der Waals surface area contributed by atoms with Gasteiger partial charge < -0.3 is 37.9 Å². The molecule has 49 heavy (non-hydrogen) atoms. The highest BCUT2D eigenvalue weighted by Gasteiger charge is 2.18. The molecule has 0 amide bonds. The largest absolute Gasteiger partial charge is 0.491 e. The maximum atomic E-state index is 13.1. The van der Waals surface area contributed by atoms with Crippen LogP contribution in [0.1, 0.15) is 65.2 Å². The first-order valence-corrected chi connectivity index (χ1v) is 18.7. The lowest BCUT2D eigenvalue weighted by atomic mass is 10.2. The first kappa shape index (κ1) is 41.9. The monoisotopic (exact) mass is 710 g/mol. The summed E-state index contributed by atoms with van der Waals surface area (Å²) in [5.41, 5.74) is 0. The zero-order valence-corrected chi connectivity index (χ0v) is 29.9. The van der Waals surface area contributed by atoms with Crippen LogP contribution >= 0.6 is 0 Å². The molecule has 0 aliphatic carbocycles. The van der Waals surface area contributed by atoms with Crippen LogP contribution in [0.4, 0.5) is 0 Å². The summed E-state index contributed by atoms with van der Waals surface area (Å²) < 4.78 is 69.4. The molecule has 0 fully saturated rings. The molecule has 0 heterocycles. The maximum absolute atomic E-state index is 13.1. The van der Waals surface area contributed by atoms with Crippen molar-refractivity contribution in [3.8, 4) is 11.5 Å². The Morgan fingerprint density at radius 1 is 0.469 bits per heavy atom. The number of carbonyl (C=O) groups is 2. The van der Waals surface area contributed by atoms with Crippen molar-refractivity contribution in [2.45, 2.75) is 75.0 Å². The summed E-state index contributed by atoms with van der Waals surface area (Å²) in [6.07, 6.45) is 6.75. The van der Waals surface area contributed by atoms with Crippen LogP contribution < -0.4 is 9.47 Å². The molecular weight excluding hydrogens is 656 g/mol. The molecule has 2 rings (SSSR count). The van der Waals surface area contributed by atoms with Gasteiger partial charge in [-0.05, 0) is 61.4 Å². The number of benzene rings is 2. The molecule has 13 heteroatoms. The van der Waals surface area contributed by atoms with E-state index in [1.165, 1.54) is 24.3 Å². The van der Waals surface area contributed by atoms with Gasteiger partial charge in [-0.15, -0.1) is 0 Å². The molecule has 0 radical (unpaired) electrons. The zero-order chi connectivity index (χ0) is 35.4. The highest BCUT2D eigenvalue weighted by atomic mass is 32.2. The number of hydrogen-bond acceptors (Lipinski definition) is 12. The third kappa shape index (κ3) is 19.5. The Bertz CT molecular complexity index is 1160. The smallest absolute Gasteiger partial charge is 0.305 e. The van der Waals surface area contributed by atoms with E-state index in [9.17, 15) is 18.0 Å². The molecule has 0 bridgehead atoms. The van der Waals surface area contributed by atoms with Crippen molar-refractivity contribution in [3.63, 3.8) is 0 Å². The van der Waals surface area contributed by atoms with E-state index in [-0.39, 0.29) is 34.9 Å². The van der Waals surface area contributed by atoms with Crippen molar-refractivity contribution >= 4 is 21.8 Å². The lowest BCUT2D eigenvalue weighted by molar-refractivity contribution is -0.146. The van der Waals surface area contributed by atoms with E-state index >= 15 is 0 Å². The Morgan fingerprint density at radius 2 is 0.796 bits per heavy atom. The molecule has 0 aromatic heterocycles. The summed E-state index contributed by atoms with van der Waals surface area (Å²) in [5.74, 6) is 0.660. The Morgan fingerprint density at radius 3 is 1.14 bits per heavy atom. The van der Waals surface area contributed by atoms with Gasteiger partial charge in [0, 0.05) is 12.8 Å². The van der Waals surface area contributed by atoms with Crippen LogP contribution in [0, 0.1) is 0 Å². The molecule has 0 spiro atoms. The summed E-state index contributed by atoms with van der Waals surface area (Å²) in [6, 6.07) is 12.4. The molecule has 276 valence electrons. The van der Waals surface area contributed by atoms with Gasteiger partial charge in [-0.25, -0.2) is 8.42 Å². The second-order valence-electron chi connectivity index (χ2n) is 10.9. The number of hydrogen-bond donors (Lipinski definition) is 0. The zero-order valence-electron chi connectivity index (χ0n) is 29.1. The second-order valence-corrected chi connectivity index (χ2v) is 12.9. The predicted molar refractivity (Wildman–Crippen MR) is 183 cm³/mol. The van der Waals surface area contributed by atoms with Crippen LogP contribution in [0.5, 0.6) is 11.5 Å². The average molecular weight is 711 g/mol. The van der Waals surface area contributed by atoms with Crippen LogP contribution in [0.3, 0.4) is 0 Å². The van der Waals surface area contributed by atoms with E-state index in [1.54, 1.807) is 24.3 Å². The lowest BCUT2D eigenvalue weighted by Crippen LogP contribution is -2.14. The summed E-state index contributed by atoms with van der Waals surface area (Å²) in [5, 5.41) is 0. The van der Waals surface area contributed by atoms with Crippen molar-refractivity contribution in [1.82, 2.24) is 0 Å². The van der Waals surface area contributed by atoms with Crippen molar-refractivity contribution in [3.05, 3.63) is 48.5 Å². The van der Waals surface area contributed by atoms with Crippen molar-refractivity contribution in [1.29, 1.82) is 0 Å². The SMILES string of the molecule is CCCCCC(=O)OCCOCCOCCOc1ccc(S(=O)(=O)c2ccc(OCCOCCOCCOC(=O)CCCCC)cc2)cc1. The van der Waals surface area contributed by atoms with Gasteiger partial charge in [0.15, 0.2) is 0 Å². The molecular formula is C36H54O12S. The fraction of sp³-hybridized carbons (Fsp3) is 0.611. The molecule has 0 N–H and O–H groups in total. The maximum Gasteiger partial charge on any atom is 0.305 e. The van der Waals surface area contributed by atoms with Crippen molar-refractivity contribution in [2.75, 3.05) is 79.3 Å². The topological polar surface area (TPSA) is 142 Å². The second kappa shape index (κ2) is 26.6. The minimum Gasteiger partial charge on any atom is -0.491 e. The molecule has 0 saturated heterocycles. The van der Waals surface area contributed by atoms with Gasteiger partial charge in [-0.1, -0.05) is 39.5 Å². The van der Waals surface area contributed by atoms with Gasteiger partial charge >= 0.3 is 11.9 Å². The van der Waals surface area contributed by atoms with E-state index in [4.69, 9.17) is 37.9 Å². The molecule has 0 atom stereocenters. The standard InChI is InChI=1S/C36H54O12S/c1-3-5-7-9-35(37)47-29-25-43-21-19-41-23-27-45-31-11-15-33(16-12-31)49(39,40)34-17-13-32(14-18-34)46-28-24-42-20-22-44-26-30-48-36(38)10-8-6-4-2/h11-18H,3-10,19-30H2,1-2H3. The van der Waals surface area contributed by atoms with Gasteiger partial charge in [0.1, 0.15) is 37.9 Å². The van der Waals surface area contributed by atoms with E-state index in [1.807, 2.05) is 0 Å². The van der Waals surface area contributed by atoms with Crippen LogP contribution in [0.25, 0.3) is 0 Å². The van der Waals surface area contributed by atoms with Gasteiger partial charge in [0.05, 0.1) is 62.6 Å². The van der Waals surface area contributed by atoms with Crippen molar-refractivity contribution in [2.24, 2.45) is 0 Å². The average Bonchev–Trinajstić information content (AvgIpc) is 3.10. The Kier molecular flexibility index (Phi) is 22.8. The van der Waals surface area contributed by atoms with Crippen molar-refractivity contribution < 1.29 is 55.9 Å². The number of carbonyl (C=O) groups excluding carboxylic acids is 2. The van der Waals surface area contributed by atoms with Crippen LogP contribution in [-0.2, 0) is 47.8 Å². The highest BCUT2D eigenvalue weighted by Crippen LogP contribution is 2.25. The Balaban J connectivity index is 1.53. The van der Waals surface area contributed by atoms with Gasteiger partial charge in [0.25, 0.3) is 0 Å². The third-order valence-electron chi connectivity index (χ3n) is 6.96. The van der Waals surface area contributed by atoms with Gasteiger partial charge in [0.2, 0.25) is 9.84 Å². The first-order valence-electron chi connectivity index (χ1n) is 17.2. The fourth-order valence-corrected chi connectivity index (χ4v) is 5.52. The summed E-state index contributed by atoms with van der Waals surface area (Å²) in [4.78, 5) is 23.3. The van der Waals surface area contributed by atoms with Gasteiger partial charge in [-0.3, -0.25) is 9.59 Å². The molecule has 2 aromatic carbocycles. The first-order chi connectivity index (χ1) is 23.9. The lowest BCUT2D eigenvalue weighted by Gasteiger charge is -2.10. The van der Waals surface area contributed by atoms with Gasteiger partial charge in [-0.2, -0.15) is 0 Å². The number of rotatable bonds is 30. The predicted octanol–water partition coefficient (Wildman–Crippen LogP) is 5.59. The quantitative estimate of drug-likeness (QED) is 0.0737. The molecule has 0 aliphatic rings. The summed E-state index contributed by atoms with van der Waals surface area (Å²) >= 11 is 0. The molecule has 2 aromatic rings. The van der Waals surface area contributed by atoms with E-state index in [2.05, 4.69) is 13.8 Å². The van der Waals surface area contributed by atoms with E-state index in [0.717, 1.165) is 38.5 Å². The number of esters is 2. The third-order valence-corrected chi connectivity index (χ3v) is 8.74. The molecule has 0 unspecified atom stereocenters. The number of unbranched alkanes of at least 4 members (excludes halogenated alkanes) is 4. The molecule has 0 saturated carbocycles. The minimum absolute atomic E-state index is 0.148. The van der Waals surface area contributed by atoms with Crippen LogP contribution in [0.2, 0.25) is 0 Å². The number of ether oxygens (including phenoxy) is 8. The minimum atomic E-state index is -3.72. The van der Waals surface area contributed by atoms with E-state index in [0.29, 0.717) is 90.4 Å². The molecule has 12 nitrogen and oxygen atoms in total. The Hall–Kier alpha value is -3.23. The summed E-state index contributed by atoms with van der Waals surface area (Å²) in [7, 11) is -3.72. The number of sulfone groups is 1. The summed E-state index contributed by atoms with van der Waals surface area (Å²) in [6.45, 7) is 8.03. The van der Waals surface area contributed by atoms with Crippen LogP contribution in [-0.4, -0.2) is 99.6 Å². The normalized spacial score (nSPS) is 11.3. The van der Waals surface area contributed by atoms with Crippen LogP contribution in [0.15, 0.2) is 58.3 Å². The fourth-order valence-electron chi connectivity index (χ4n) is 4.26. The molecule has 0 aliphatic heterocycles. The highest BCUT2D eigenvalue weighted by molar-refractivity contribution is 7.91.